The van der Waals surface area contributed by atoms with Crippen LogP contribution < -0.4 is 0 Å². The normalized spacial score (nSPS) is 13.1. The van der Waals surface area contributed by atoms with Gasteiger partial charge in [-0.25, -0.2) is 4.68 Å². The highest BCUT2D eigenvalue weighted by Gasteiger charge is 2.18. The van der Waals surface area contributed by atoms with Crippen molar-refractivity contribution in [3.8, 4) is 0 Å². The second-order valence-corrected chi connectivity index (χ2v) is 3.88. The number of hydrogen-bond donors (Lipinski definition) is 0. The van der Waals surface area contributed by atoms with Crippen molar-refractivity contribution in [3.63, 3.8) is 0 Å². The van der Waals surface area contributed by atoms with Gasteiger partial charge >= 0.3 is 0 Å². The minimum atomic E-state index is -0.183. The molecule has 16 heavy (non-hydrogen) atoms. The molecule has 1 aromatic rings. The Morgan fingerprint density at radius 1 is 1.56 bits per heavy atom. The van der Waals surface area contributed by atoms with Crippen molar-refractivity contribution in [1.82, 2.24) is 19.9 Å². The first-order valence-electron chi connectivity index (χ1n) is 5.16. The average Bonchev–Trinajstić information content (AvgIpc) is 2.68. The zero-order valence-electron chi connectivity index (χ0n) is 10.2. The average molecular weight is 226 g/mol. The second-order valence-electron chi connectivity index (χ2n) is 3.88. The van der Waals surface area contributed by atoms with E-state index in [0.717, 1.165) is 12.2 Å². The van der Waals surface area contributed by atoms with Gasteiger partial charge in [-0.3, -0.25) is 4.79 Å². The Morgan fingerprint density at radius 2 is 2.25 bits per heavy atom. The highest BCUT2D eigenvalue weighted by Crippen LogP contribution is 2.17. The molecule has 1 aromatic heterocycles. The summed E-state index contributed by atoms with van der Waals surface area (Å²) in [5.41, 5.74) is 1.09. The summed E-state index contributed by atoms with van der Waals surface area (Å²) in [4.78, 5) is 12.9. The van der Waals surface area contributed by atoms with E-state index in [2.05, 4.69) is 10.3 Å². The smallest absolute Gasteiger partial charge is 0.172 e. The lowest BCUT2D eigenvalue weighted by molar-refractivity contribution is 0.104. The Morgan fingerprint density at radius 3 is 2.75 bits per heavy atom. The van der Waals surface area contributed by atoms with E-state index in [4.69, 9.17) is 4.74 Å². The Labute approximate surface area is 95.2 Å². The minimum absolute atomic E-state index is 0.183. The molecule has 0 amide bonds. The molecule has 0 saturated heterocycles. The molecule has 0 aromatic carbocycles. The summed E-state index contributed by atoms with van der Waals surface area (Å²) in [5, 5.41) is 7.78. The molecule has 0 bridgehead atoms. The first kappa shape index (κ1) is 12.8. The third-order valence-electron chi connectivity index (χ3n) is 2.41. The Hall–Kier alpha value is -1.27. The molecule has 0 radical (unpaired) electrons. The maximum atomic E-state index is 10.8. The van der Waals surface area contributed by atoms with E-state index in [1.165, 1.54) is 0 Å². The van der Waals surface area contributed by atoms with Crippen LogP contribution in [0.5, 0.6) is 0 Å². The molecule has 1 heterocycles. The molecule has 0 fully saturated rings. The van der Waals surface area contributed by atoms with Crippen molar-refractivity contribution in [1.29, 1.82) is 0 Å². The highest BCUT2D eigenvalue weighted by molar-refractivity contribution is 5.73. The van der Waals surface area contributed by atoms with Crippen LogP contribution in [0, 0.1) is 0 Å². The molecule has 1 atom stereocenters. The van der Waals surface area contributed by atoms with E-state index in [0.29, 0.717) is 18.5 Å². The summed E-state index contributed by atoms with van der Waals surface area (Å²) >= 11 is 0. The molecule has 6 heteroatoms. The number of ether oxygens (including phenoxy) is 1. The first-order valence-corrected chi connectivity index (χ1v) is 5.16. The maximum absolute atomic E-state index is 10.8. The number of methoxy groups -OCH3 is 1. The van der Waals surface area contributed by atoms with Gasteiger partial charge in [0.15, 0.2) is 12.0 Å². The van der Waals surface area contributed by atoms with Gasteiger partial charge in [-0.05, 0) is 21.0 Å². The molecule has 6 nitrogen and oxygen atoms in total. The van der Waals surface area contributed by atoms with Crippen LogP contribution in [0.2, 0.25) is 0 Å². The van der Waals surface area contributed by atoms with Gasteiger partial charge < -0.3 is 9.64 Å². The molecular weight excluding hydrogens is 208 g/mol. The SMILES string of the molecule is COC(C)c1c(C=O)nnn1CCN(C)C. The van der Waals surface area contributed by atoms with Gasteiger partial charge in [0, 0.05) is 13.7 Å². The molecule has 1 unspecified atom stereocenters. The summed E-state index contributed by atoms with van der Waals surface area (Å²) < 4.78 is 6.93. The van der Waals surface area contributed by atoms with Crippen molar-refractivity contribution >= 4 is 6.29 Å². The second kappa shape index (κ2) is 5.72. The topological polar surface area (TPSA) is 60.2 Å². The number of aldehydes is 1. The maximum Gasteiger partial charge on any atom is 0.172 e. The fourth-order valence-electron chi connectivity index (χ4n) is 1.41. The number of likely N-dealkylation sites (N-methyl/N-ethyl adjacent to an activating group) is 1. The van der Waals surface area contributed by atoms with Gasteiger partial charge in [0.05, 0.1) is 18.3 Å². The van der Waals surface area contributed by atoms with Crippen molar-refractivity contribution in [2.45, 2.75) is 19.6 Å². The fourth-order valence-corrected chi connectivity index (χ4v) is 1.41. The quantitative estimate of drug-likeness (QED) is 0.655. The van der Waals surface area contributed by atoms with E-state index in [1.54, 1.807) is 11.8 Å². The fraction of sp³-hybridized carbons (Fsp3) is 0.700. The summed E-state index contributed by atoms with van der Waals surface area (Å²) in [5.74, 6) is 0. The molecule has 0 saturated carbocycles. The minimum Gasteiger partial charge on any atom is -0.375 e. The summed E-state index contributed by atoms with van der Waals surface area (Å²) in [6.45, 7) is 3.40. The van der Waals surface area contributed by atoms with E-state index in [-0.39, 0.29) is 6.10 Å². The number of hydrogen-bond acceptors (Lipinski definition) is 5. The lowest BCUT2D eigenvalue weighted by Gasteiger charge is -2.14. The zero-order valence-corrected chi connectivity index (χ0v) is 10.2. The monoisotopic (exact) mass is 226 g/mol. The van der Waals surface area contributed by atoms with Crippen LogP contribution in [0.4, 0.5) is 0 Å². The molecule has 0 N–H and O–H groups in total. The molecular formula is C10H18N4O2. The van der Waals surface area contributed by atoms with Crippen molar-refractivity contribution in [3.05, 3.63) is 11.4 Å². The zero-order chi connectivity index (χ0) is 12.1. The lowest BCUT2D eigenvalue weighted by atomic mass is 10.2. The summed E-state index contributed by atoms with van der Waals surface area (Å²) in [6.07, 6.45) is 0.529. The van der Waals surface area contributed by atoms with Crippen LogP contribution in [0.25, 0.3) is 0 Å². The largest absolute Gasteiger partial charge is 0.375 e. The van der Waals surface area contributed by atoms with Crippen molar-refractivity contribution in [2.24, 2.45) is 0 Å². The van der Waals surface area contributed by atoms with Gasteiger partial charge in [0.25, 0.3) is 0 Å². The third kappa shape index (κ3) is 2.86. The molecule has 0 aliphatic heterocycles. The van der Waals surface area contributed by atoms with Crippen molar-refractivity contribution in [2.75, 3.05) is 27.7 Å². The molecule has 0 aliphatic carbocycles. The predicted octanol–water partition coefficient (Wildman–Crippen LogP) is 0.360. The van der Waals surface area contributed by atoms with Gasteiger partial charge in [-0.1, -0.05) is 5.21 Å². The van der Waals surface area contributed by atoms with Crippen LogP contribution in [0.3, 0.4) is 0 Å². The third-order valence-corrected chi connectivity index (χ3v) is 2.41. The first-order chi connectivity index (χ1) is 7.60. The van der Waals surface area contributed by atoms with Crippen LogP contribution in [0.15, 0.2) is 0 Å². The molecule has 0 aliphatic rings. The highest BCUT2D eigenvalue weighted by atomic mass is 16.5. The Bertz CT molecular complexity index is 349. The van der Waals surface area contributed by atoms with Crippen molar-refractivity contribution < 1.29 is 9.53 Å². The standard InChI is InChI=1S/C10H18N4O2/c1-8(16-4)10-9(7-15)11-12-14(10)6-5-13(2)3/h7-8H,5-6H2,1-4H3. The molecule has 1 rings (SSSR count). The number of carbonyl (C=O) groups is 1. The van der Waals surface area contributed by atoms with Gasteiger partial charge in [0.1, 0.15) is 0 Å². The summed E-state index contributed by atoms with van der Waals surface area (Å²) in [7, 11) is 5.57. The Balaban J connectivity index is 2.90. The predicted molar refractivity (Wildman–Crippen MR) is 59.4 cm³/mol. The number of aromatic nitrogens is 3. The summed E-state index contributed by atoms with van der Waals surface area (Å²) in [6, 6.07) is 0. The van der Waals surface area contributed by atoms with Crippen LogP contribution in [-0.4, -0.2) is 53.9 Å². The van der Waals surface area contributed by atoms with Crippen LogP contribution in [0.1, 0.15) is 29.2 Å². The van der Waals surface area contributed by atoms with E-state index in [1.807, 2.05) is 25.9 Å². The number of carbonyl (C=O) groups excluding carboxylic acids is 1. The van der Waals surface area contributed by atoms with Gasteiger partial charge in [0.2, 0.25) is 0 Å². The number of rotatable bonds is 6. The Kier molecular flexibility index (Phi) is 4.57. The lowest BCUT2D eigenvalue weighted by Crippen LogP contribution is -2.21. The van der Waals surface area contributed by atoms with E-state index < -0.39 is 0 Å². The van der Waals surface area contributed by atoms with E-state index in [9.17, 15) is 4.79 Å². The van der Waals surface area contributed by atoms with Crippen LogP contribution in [-0.2, 0) is 11.3 Å². The molecule has 90 valence electrons. The van der Waals surface area contributed by atoms with E-state index >= 15 is 0 Å². The van der Waals surface area contributed by atoms with Gasteiger partial charge in [-0.15, -0.1) is 5.10 Å². The number of nitrogens with zero attached hydrogens (tertiary/aromatic N) is 4. The van der Waals surface area contributed by atoms with Gasteiger partial charge in [-0.2, -0.15) is 0 Å². The molecule has 0 spiro atoms. The van der Waals surface area contributed by atoms with Crippen LogP contribution >= 0.6 is 0 Å².